The molecular weight excluding hydrogens is 342 g/mol. The average Bonchev–Trinajstić information content (AvgIpc) is 3.24. The number of aromatic nitrogens is 2. The Hall–Kier alpha value is -2.67. The molecule has 7 nitrogen and oxygen atoms in total. The topological polar surface area (TPSA) is 72.5 Å². The van der Waals surface area contributed by atoms with Crippen LogP contribution in [0.2, 0.25) is 0 Å². The van der Waals surface area contributed by atoms with Crippen LogP contribution in [0.3, 0.4) is 0 Å². The Morgan fingerprint density at radius 1 is 1.22 bits per heavy atom. The lowest BCUT2D eigenvalue weighted by molar-refractivity contribution is -0.154. The maximum absolute atomic E-state index is 13.4. The SMILES string of the molecule is CN1CCN(Cc2cccnc2)C(=O)C12CCN(C(=O)c1cc[nH]c1)CC2. The number of piperidine rings is 1. The molecule has 0 aliphatic carbocycles. The van der Waals surface area contributed by atoms with Gasteiger partial charge in [0.15, 0.2) is 0 Å². The lowest BCUT2D eigenvalue weighted by atomic mass is 9.82. The molecule has 0 aromatic carbocycles. The number of likely N-dealkylation sites (N-methyl/N-ethyl adjacent to an activating group) is 1. The molecule has 2 amide bonds. The zero-order valence-electron chi connectivity index (χ0n) is 15.6. The zero-order chi connectivity index (χ0) is 18.9. The molecule has 2 aliphatic rings. The monoisotopic (exact) mass is 367 g/mol. The number of likely N-dealkylation sites (tertiary alicyclic amines) is 1. The van der Waals surface area contributed by atoms with Crippen LogP contribution in [-0.2, 0) is 11.3 Å². The third-order valence-electron chi connectivity index (χ3n) is 5.94. The van der Waals surface area contributed by atoms with Crippen LogP contribution in [0.5, 0.6) is 0 Å². The lowest BCUT2D eigenvalue weighted by Gasteiger charge is -2.51. The van der Waals surface area contributed by atoms with Gasteiger partial charge in [-0.25, -0.2) is 0 Å². The Labute approximate surface area is 159 Å². The maximum Gasteiger partial charge on any atom is 0.255 e. The lowest BCUT2D eigenvalue weighted by Crippen LogP contribution is -2.67. The number of amides is 2. The minimum atomic E-state index is -0.505. The molecule has 2 saturated heterocycles. The molecule has 2 fully saturated rings. The first-order chi connectivity index (χ1) is 13.1. The first-order valence-electron chi connectivity index (χ1n) is 9.42. The number of nitrogens with zero attached hydrogens (tertiary/aromatic N) is 4. The maximum atomic E-state index is 13.4. The molecule has 0 bridgehead atoms. The highest BCUT2D eigenvalue weighted by Gasteiger charge is 2.49. The van der Waals surface area contributed by atoms with Gasteiger partial charge in [-0.15, -0.1) is 0 Å². The number of pyridine rings is 1. The van der Waals surface area contributed by atoms with Gasteiger partial charge >= 0.3 is 0 Å². The number of aromatic amines is 1. The molecule has 0 saturated carbocycles. The summed E-state index contributed by atoms with van der Waals surface area (Å²) in [5.41, 5.74) is 1.22. The van der Waals surface area contributed by atoms with Crippen molar-refractivity contribution in [3.63, 3.8) is 0 Å². The van der Waals surface area contributed by atoms with Gasteiger partial charge in [0.2, 0.25) is 5.91 Å². The summed E-state index contributed by atoms with van der Waals surface area (Å²) in [4.78, 5) is 39.0. The summed E-state index contributed by atoms with van der Waals surface area (Å²) in [5, 5.41) is 0. The standard InChI is InChI=1S/C20H25N5O2/c1-23-11-12-25(15-16-3-2-7-21-13-16)19(27)20(23)5-9-24(10-6-20)18(26)17-4-8-22-14-17/h2-4,7-8,13-14,22H,5-6,9-12,15H2,1H3. The van der Waals surface area contributed by atoms with E-state index in [0.717, 1.165) is 18.7 Å². The highest BCUT2D eigenvalue weighted by Crippen LogP contribution is 2.33. The third kappa shape index (κ3) is 3.23. The second-order valence-electron chi connectivity index (χ2n) is 7.43. The quantitative estimate of drug-likeness (QED) is 0.889. The van der Waals surface area contributed by atoms with E-state index in [2.05, 4.69) is 14.9 Å². The summed E-state index contributed by atoms with van der Waals surface area (Å²) in [6.45, 7) is 3.35. The molecule has 2 aromatic heterocycles. The van der Waals surface area contributed by atoms with Crippen molar-refractivity contribution in [3.8, 4) is 0 Å². The number of H-pyrrole nitrogens is 1. The number of nitrogens with one attached hydrogen (secondary N) is 1. The van der Waals surface area contributed by atoms with Gasteiger partial charge in [0.05, 0.1) is 5.56 Å². The van der Waals surface area contributed by atoms with Crippen molar-refractivity contribution in [1.82, 2.24) is 24.7 Å². The molecular formula is C20H25N5O2. The van der Waals surface area contributed by atoms with Crippen LogP contribution in [-0.4, -0.2) is 75.2 Å². The molecule has 1 N–H and O–H groups in total. The minimum absolute atomic E-state index is 0.0317. The Kier molecular flexibility index (Phi) is 4.70. The van der Waals surface area contributed by atoms with Crippen LogP contribution in [0.1, 0.15) is 28.8 Å². The van der Waals surface area contributed by atoms with Crippen molar-refractivity contribution in [2.75, 3.05) is 33.2 Å². The molecule has 4 heterocycles. The van der Waals surface area contributed by atoms with Crippen molar-refractivity contribution in [3.05, 3.63) is 54.1 Å². The van der Waals surface area contributed by atoms with Gasteiger partial charge < -0.3 is 14.8 Å². The van der Waals surface area contributed by atoms with Crippen molar-refractivity contribution in [2.24, 2.45) is 0 Å². The van der Waals surface area contributed by atoms with Gasteiger partial charge in [-0.3, -0.25) is 19.5 Å². The van der Waals surface area contributed by atoms with Gasteiger partial charge in [-0.05, 0) is 37.6 Å². The Morgan fingerprint density at radius 3 is 2.70 bits per heavy atom. The highest BCUT2D eigenvalue weighted by atomic mass is 16.2. The van der Waals surface area contributed by atoms with Crippen molar-refractivity contribution >= 4 is 11.8 Å². The summed E-state index contributed by atoms with van der Waals surface area (Å²) in [6, 6.07) is 5.69. The molecule has 0 radical (unpaired) electrons. The van der Waals surface area contributed by atoms with E-state index in [1.165, 1.54) is 0 Å². The van der Waals surface area contributed by atoms with Crippen molar-refractivity contribution < 1.29 is 9.59 Å². The normalized spacial score (nSPS) is 20.3. The minimum Gasteiger partial charge on any atom is -0.367 e. The van der Waals surface area contributed by atoms with E-state index in [1.54, 1.807) is 24.7 Å². The number of rotatable bonds is 3. The van der Waals surface area contributed by atoms with Gasteiger partial charge in [-0.2, -0.15) is 0 Å². The summed E-state index contributed by atoms with van der Waals surface area (Å²) >= 11 is 0. The third-order valence-corrected chi connectivity index (χ3v) is 5.94. The first-order valence-corrected chi connectivity index (χ1v) is 9.42. The summed E-state index contributed by atoms with van der Waals surface area (Å²) in [5.74, 6) is 0.207. The Balaban J connectivity index is 1.46. The summed E-state index contributed by atoms with van der Waals surface area (Å²) in [6.07, 6.45) is 8.38. The van der Waals surface area contributed by atoms with Crippen LogP contribution in [0.25, 0.3) is 0 Å². The number of hydrogen-bond donors (Lipinski definition) is 1. The largest absolute Gasteiger partial charge is 0.367 e. The number of carbonyl (C=O) groups is 2. The van der Waals surface area contributed by atoms with E-state index in [4.69, 9.17) is 0 Å². The number of piperazine rings is 1. The van der Waals surface area contributed by atoms with E-state index in [9.17, 15) is 9.59 Å². The van der Waals surface area contributed by atoms with E-state index in [0.29, 0.717) is 38.0 Å². The summed E-state index contributed by atoms with van der Waals surface area (Å²) < 4.78 is 0. The number of carbonyl (C=O) groups excluding carboxylic acids is 2. The van der Waals surface area contributed by atoms with Gasteiger partial charge in [-0.1, -0.05) is 6.07 Å². The molecule has 1 spiro atoms. The predicted octanol–water partition coefficient (Wildman–Crippen LogP) is 1.36. The van der Waals surface area contributed by atoms with E-state index in [1.807, 2.05) is 35.2 Å². The first kappa shape index (κ1) is 17.7. The van der Waals surface area contributed by atoms with Crippen LogP contribution in [0, 0.1) is 0 Å². The second-order valence-corrected chi connectivity index (χ2v) is 7.43. The van der Waals surface area contributed by atoms with Crippen molar-refractivity contribution in [1.29, 1.82) is 0 Å². The fraction of sp³-hybridized carbons (Fsp3) is 0.450. The van der Waals surface area contributed by atoms with Crippen molar-refractivity contribution in [2.45, 2.75) is 24.9 Å². The molecule has 0 unspecified atom stereocenters. The molecule has 0 atom stereocenters. The molecule has 2 aromatic rings. The van der Waals surface area contributed by atoms with Gasteiger partial charge in [0.1, 0.15) is 5.54 Å². The Morgan fingerprint density at radius 2 is 2.04 bits per heavy atom. The Bertz CT molecular complexity index is 797. The van der Waals surface area contributed by atoms with E-state index in [-0.39, 0.29) is 11.8 Å². The average molecular weight is 367 g/mol. The second kappa shape index (κ2) is 7.15. The summed E-state index contributed by atoms with van der Waals surface area (Å²) in [7, 11) is 2.03. The van der Waals surface area contributed by atoms with Crippen LogP contribution >= 0.6 is 0 Å². The van der Waals surface area contributed by atoms with Gasteiger partial charge in [0.25, 0.3) is 5.91 Å². The molecule has 2 aliphatic heterocycles. The van der Waals surface area contributed by atoms with Gasteiger partial charge in [0, 0.05) is 57.5 Å². The fourth-order valence-electron chi connectivity index (χ4n) is 4.22. The molecule has 7 heteroatoms. The van der Waals surface area contributed by atoms with Crippen LogP contribution in [0.15, 0.2) is 43.0 Å². The van der Waals surface area contributed by atoms with E-state index < -0.39 is 5.54 Å². The van der Waals surface area contributed by atoms with Crippen LogP contribution in [0.4, 0.5) is 0 Å². The smallest absolute Gasteiger partial charge is 0.255 e. The molecule has 142 valence electrons. The zero-order valence-corrected chi connectivity index (χ0v) is 15.6. The molecule has 27 heavy (non-hydrogen) atoms. The number of hydrogen-bond acceptors (Lipinski definition) is 4. The predicted molar refractivity (Wildman–Crippen MR) is 101 cm³/mol. The van der Waals surface area contributed by atoms with E-state index >= 15 is 0 Å². The highest BCUT2D eigenvalue weighted by molar-refractivity contribution is 5.94. The fourth-order valence-corrected chi connectivity index (χ4v) is 4.22. The molecule has 4 rings (SSSR count). The van der Waals surface area contributed by atoms with Crippen LogP contribution < -0.4 is 0 Å².